The highest BCUT2D eigenvalue weighted by molar-refractivity contribution is 9.10. The number of hydrogen-bond acceptors (Lipinski definition) is 2. The van der Waals surface area contributed by atoms with Crippen molar-refractivity contribution < 1.29 is 13.5 Å². The second kappa shape index (κ2) is 5.55. The number of rotatable bonds is 2. The van der Waals surface area contributed by atoms with Crippen LogP contribution in [0.3, 0.4) is 0 Å². The first kappa shape index (κ1) is 13.8. The Morgan fingerprint density at radius 2 is 1.95 bits per heavy atom. The molecule has 0 fully saturated rings. The summed E-state index contributed by atoms with van der Waals surface area (Å²) in [5.74, 6) is -2.18. The maximum Gasteiger partial charge on any atom is 0.201 e. The van der Waals surface area contributed by atoms with E-state index in [1.165, 1.54) is 24.3 Å². The van der Waals surface area contributed by atoms with Gasteiger partial charge in [-0.2, -0.15) is 9.65 Å². The van der Waals surface area contributed by atoms with Gasteiger partial charge in [0.1, 0.15) is 11.8 Å². The second-order valence-electron chi connectivity index (χ2n) is 3.56. The van der Waals surface area contributed by atoms with Gasteiger partial charge in [-0.05, 0) is 24.3 Å². The van der Waals surface area contributed by atoms with Crippen LogP contribution in [0.4, 0.5) is 8.78 Å². The molecule has 0 unspecified atom stereocenters. The molecular weight excluding hydrogens is 340 g/mol. The van der Waals surface area contributed by atoms with Crippen LogP contribution in [0.15, 0.2) is 34.8 Å². The summed E-state index contributed by atoms with van der Waals surface area (Å²) in [4.78, 5) is 0. The van der Waals surface area contributed by atoms with Crippen molar-refractivity contribution in [3.63, 3.8) is 0 Å². The van der Waals surface area contributed by atoms with Crippen molar-refractivity contribution >= 4 is 27.5 Å². The molecule has 2 aromatic carbocycles. The summed E-state index contributed by atoms with van der Waals surface area (Å²) < 4.78 is 32.3. The quantitative estimate of drug-likeness (QED) is 0.715. The molecule has 0 N–H and O–H groups in total. The van der Waals surface area contributed by atoms with E-state index in [-0.39, 0.29) is 22.1 Å². The minimum atomic E-state index is -1.09. The fourth-order valence-electron chi connectivity index (χ4n) is 1.38. The highest BCUT2D eigenvalue weighted by atomic mass is 79.9. The third kappa shape index (κ3) is 3.03. The van der Waals surface area contributed by atoms with Gasteiger partial charge >= 0.3 is 0 Å². The van der Waals surface area contributed by atoms with Gasteiger partial charge in [-0.15, -0.1) is 0 Å². The van der Waals surface area contributed by atoms with E-state index in [4.69, 9.17) is 21.6 Å². The van der Waals surface area contributed by atoms with Gasteiger partial charge in [-0.3, -0.25) is 0 Å². The zero-order chi connectivity index (χ0) is 14.0. The van der Waals surface area contributed by atoms with Gasteiger partial charge in [-0.1, -0.05) is 27.5 Å². The summed E-state index contributed by atoms with van der Waals surface area (Å²) in [6, 6.07) is 8.42. The Morgan fingerprint density at radius 1 is 1.21 bits per heavy atom. The number of halogens is 4. The Hall–Kier alpha value is -1.64. The van der Waals surface area contributed by atoms with E-state index in [0.29, 0.717) is 4.47 Å². The molecule has 0 spiro atoms. The summed E-state index contributed by atoms with van der Waals surface area (Å²) in [5.41, 5.74) is 0.273. The maximum atomic E-state index is 13.5. The Morgan fingerprint density at radius 3 is 2.58 bits per heavy atom. The Bertz CT molecular complexity index is 685. The van der Waals surface area contributed by atoms with Crippen LogP contribution in [0.2, 0.25) is 5.02 Å². The lowest BCUT2D eigenvalue weighted by atomic mass is 10.2. The summed E-state index contributed by atoms with van der Waals surface area (Å²) in [5, 5.41) is 8.90. The molecule has 0 aromatic heterocycles. The van der Waals surface area contributed by atoms with Crippen LogP contribution in [0, 0.1) is 23.0 Å². The smallest absolute Gasteiger partial charge is 0.201 e. The van der Waals surface area contributed by atoms with Crippen molar-refractivity contribution in [2.75, 3.05) is 0 Å². The van der Waals surface area contributed by atoms with Gasteiger partial charge in [-0.25, -0.2) is 4.39 Å². The highest BCUT2D eigenvalue weighted by Gasteiger charge is 2.13. The molecule has 2 rings (SSSR count). The van der Waals surface area contributed by atoms with Crippen molar-refractivity contribution in [3.8, 4) is 17.6 Å². The first-order chi connectivity index (χ1) is 9.01. The average Bonchev–Trinajstić information content (AvgIpc) is 2.35. The van der Waals surface area contributed by atoms with Crippen molar-refractivity contribution in [1.82, 2.24) is 0 Å². The van der Waals surface area contributed by atoms with Gasteiger partial charge in [0.2, 0.25) is 5.82 Å². The molecule has 0 radical (unpaired) electrons. The molecule has 0 amide bonds. The standard InChI is InChI=1S/C13H5BrClF2NO/c14-8-3-11(16)13(17)12(4-8)19-9-2-1-7(6-18)10(15)5-9/h1-5H. The number of ether oxygens (including phenoxy) is 1. The summed E-state index contributed by atoms with van der Waals surface area (Å²) in [7, 11) is 0. The molecule has 0 atom stereocenters. The summed E-state index contributed by atoms with van der Waals surface area (Å²) in [6.45, 7) is 0. The molecule has 2 aromatic rings. The second-order valence-corrected chi connectivity index (χ2v) is 4.88. The summed E-state index contributed by atoms with van der Waals surface area (Å²) >= 11 is 8.86. The molecule has 0 aliphatic heterocycles. The normalized spacial score (nSPS) is 10.1. The van der Waals surface area contributed by atoms with Crippen molar-refractivity contribution in [2.24, 2.45) is 0 Å². The van der Waals surface area contributed by atoms with Crippen LogP contribution in [-0.2, 0) is 0 Å². The molecule has 0 saturated carbocycles. The van der Waals surface area contributed by atoms with E-state index in [0.717, 1.165) is 6.07 Å². The lowest BCUT2D eigenvalue weighted by Gasteiger charge is -2.08. The van der Waals surface area contributed by atoms with Crippen LogP contribution in [0.25, 0.3) is 0 Å². The van der Waals surface area contributed by atoms with Crippen LogP contribution >= 0.6 is 27.5 Å². The first-order valence-electron chi connectivity index (χ1n) is 5.03. The molecular formula is C13H5BrClF2NO. The lowest BCUT2D eigenvalue weighted by molar-refractivity contribution is 0.415. The Labute approximate surface area is 121 Å². The fraction of sp³-hybridized carbons (Fsp3) is 0. The molecule has 0 bridgehead atoms. The molecule has 0 heterocycles. The monoisotopic (exact) mass is 343 g/mol. The minimum absolute atomic E-state index is 0.177. The number of hydrogen-bond donors (Lipinski definition) is 0. The fourth-order valence-corrected chi connectivity index (χ4v) is 2.01. The Kier molecular flexibility index (Phi) is 4.03. The predicted octanol–water partition coefficient (Wildman–Crippen LogP) is 5.04. The number of benzene rings is 2. The highest BCUT2D eigenvalue weighted by Crippen LogP contribution is 2.31. The van der Waals surface area contributed by atoms with Crippen molar-refractivity contribution in [2.45, 2.75) is 0 Å². The lowest BCUT2D eigenvalue weighted by Crippen LogP contribution is -1.92. The zero-order valence-electron chi connectivity index (χ0n) is 9.25. The van der Waals surface area contributed by atoms with Gasteiger partial charge in [0, 0.05) is 10.5 Å². The largest absolute Gasteiger partial charge is 0.454 e. The molecule has 19 heavy (non-hydrogen) atoms. The van der Waals surface area contributed by atoms with Crippen molar-refractivity contribution in [1.29, 1.82) is 5.26 Å². The van der Waals surface area contributed by atoms with E-state index >= 15 is 0 Å². The van der Waals surface area contributed by atoms with Gasteiger partial charge < -0.3 is 4.74 Å². The van der Waals surface area contributed by atoms with Crippen LogP contribution in [0.1, 0.15) is 5.56 Å². The molecule has 0 saturated heterocycles. The molecule has 0 aliphatic carbocycles. The van der Waals surface area contributed by atoms with E-state index < -0.39 is 11.6 Å². The number of nitriles is 1. The van der Waals surface area contributed by atoms with Gasteiger partial charge in [0.15, 0.2) is 11.6 Å². The first-order valence-corrected chi connectivity index (χ1v) is 6.20. The predicted molar refractivity (Wildman–Crippen MR) is 70.3 cm³/mol. The maximum absolute atomic E-state index is 13.5. The third-order valence-electron chi connectivity index (χ3n) is 2.25. The van der Waals surface area contributed by atoms with Crippen LogP contribution < -0.4 is 4.74 Å². The van der Waals surface area contributed by atoms with Gasteiger partial charge in [0.05, 0.1) is 10.6 Å². The van der Waals surface area contributed by atoms with Crippen LogP contribution in [-0.4, -0.2) is 0 Å². The molecule has 96 valence electrons. The van der Waals surface area contributed by atoms with E-state index in [1.807, 2.05) is 6.07 Å². The molecule has 2 nitrogen and oxygen atoms in total. The van der Waals surface area contributed by atoms with Gasteiger partial charge in [0.25, 0.3) is 0 Å². The summed E-state index contributed by atoms with van der Waals surface area (Å²) in [6.07, 6.45) is 0. The van der Waals surface area contributed by atoms with Crippen LogP contribution in [0.5, 0.6) is 11.5 Å². The third-order valence-corrected chi connectivity index (χ3v) is 3.02. The van der Waals surface area contributed by atoms with E-state index in [1.54, 1.807) is 0 Å². The van der Waals surface area contributed by atoms with Crippen molar-refractivity contribution in [3.05, 3.63) is 57.0 Å². The number of nitrogens with zero attached hydrogens (tertiary/aromatic N) is 1. The minimum Gasteiger partial charge on any atom is -0.454 e. The van der Waals surface area contributed by atoms with E-state index in [9.17, 15) is 8.78 Å². The average molecular weight is 345 g/mol. The topological polar surface area (TPSA) is 33.0 Å². The van der Waals surface area contributed by atoms with E-state index in [2.05, 4.69) is 15.9 Å². The Balaban J connectivity index is 2.37. The molecule has 6 heteroatoms. The SMILES string of the molecule is N#Cc1ccc(Oc2cc(Br)cc(F)c2F)cc1Cl. The zero-order valence-corrected chi connectivity index (χ0v) is 11.6. The molecule has 0 aliphatic rings.